The topological polar surface area (TPSA) is 79.4 Å². The van der Waals surface area contributed by atoms with Crippen LogP contribution in [0.5, 0.6) is 0 Å². The summed E-state index contributed by atoms with van der Waals surface area (Å²) in [5.41, 5.74) is 0.505. The molecule has 1 saturated heterocycles. The molecule has 0 amide bonds. The van der Waals surface area contributed by atoms with Gasteiger partial charge in [0.2, 0.25) is 10.0 Å². The van der Waals surface area contributed by atoms with Gasteiger partial charge in [0.15, 0.2) is 10.9 Å². The molecule has 6 nitrogen and oxygen atoms in total. The second-order valence-corrected chi connectivity index (χ2v) is 8.36. The van der Waals surface area contributed by atoms with Crippen LogP contribution in [0.4, 0.5) is 5.13 Å². The standard InChI is InChI=1S/C16H19N3O3S2/c1-12(20)13-2-4-15(5-3-13)24(21,22)18-14-6-9-19(10-7-14)16-17-8-11-23-16/h2-5,8,11,14,18H,6-7,9-10H2,1H3. The zero-order valence-electron chi connectivity index (χ0n) is 13.3. The van der Waals surface area contributed by atoms with E-state index in [0.29, 0.717) is 5.56 Å². The van der Waals surface area contributed by atoms with Gasteiger partial charge >= 0.3 is 0 Å². The number of hydrogen-bond acceptors (Lipinski definition) is 6. The largest absolute Gasteiger partial charge is 0.348 e. The third-order valence-corrected chi connectivity index (χ3v) is 6.45. The summed E-state index contributed by atoms with van der Waals surface area (Å²) in [7, 11) is -3.57. The first-order chi connectivity index (χ1) is 11.5. The smallest absolute Gasteiger partial charge is 0.240 e. The van der Waals surface area contributed by atoms with Crippen molar-refractivity contribution in [2.45, 2.75) is 30.7 Å². The molecule has 1 aromatic carbocycles. The minimum atomic E-state index is -3.57. The van der Waals surface area contributed by atoms with Gasteiger partial charge < -0.3 is 4.90 Å². The summed E-state index contributed by atoms with van der Waals surface area (Å²) < 4.78 is 27.7. The molecule has 0 atom stereocenters. The second-order valence-electron chi connectivity index (χ2n) is 5.78. The zero-order chi connectivity index (χ0) is 17.2. The summed E-state index contributed by atoms with van der Waals surface area (Å²) >= 11 is 1.59. The Hall–Kier alpha value is -1.77. The number of nitrogens with one attached hydrogen (secondary N) is 1. The monoisotopic (exact) mass is 365 g/mol. The molecule has 2 heterocycles. The summed E-state index contributed by atoms with van der Waals surface area (Å²) in [4.78, 5) is 17.9. The van der Waals surface area contributed by atoms with Crippen LogP contribution in [0.1, 0.15) is 30.1 Å². The Bertz CT molecular complexity index is 794. The minimum Gasteiger partial charge on any atom is -0.348 e. The lowest BCUT2D eigenvalue weighted by Crippen LogP contribution is -2.44. The van der Waals surface area contributed by atoms with Crippen molar-refractivity contribution in [3.8, 4) is 0 Å². The Morgan fingerprint density at radius 1 is 1.25 bits per heavy atom. The van der Waals surface area contributed by atoms with Crippen LogP contribution in [-0.2, 0) is 10.0 Å². The number of piperidine rings is 1. The van der Waals surface area contributed by atoms with Gasteiger partial charge in [0.1, 0.15) is 0 Å². The summed E-state index contributed by atoms with van der Waals surface area (Å²) in [6, 6.07) is 5.95. The molecule has 1 N–H and O–H groups in total. The predicted octanol–water partition coefficient (Wildman–Crippen LogP) is 2.29. The Balaban J connectivity index is 1.62. The highest BCUT2D eigenvalue weighted by Gasteiger charge is 2.25. The number of carbonyl (C=O) groups excluding carboxylic acids is 1. The van der Waals surface area contributed by atoms with Gasteiger partial charge in [-0.2, -0.15) is 0 Å². The first-order valence-corrected chi connectivity index (χ1v) is 10.1. The van der Waals surface area contributed by atoms with E-state index in [1.54, 1.807) is 29.7 Å². The Labute approximate surface area is 145 Å². The van der Waals surface area contributed by atoms with Crippen molar-refractivity contribution < 1.29 is 13.2 Å². The second kappa shape index (κ2) is 7.00. The molecule has 128 valence electrons. The van der Waals surface area contributed by atoms with Gasteiger partial charge in [-0.1, -0.05) is 12.1 Å². The lowest BCUT2D eigenvalue weighted by atomic mass is 10.1. The van der Waals surface area contributed by atoms with Crippen LogP contribution in [0.3, 0.4) is 0 Å². The lowest BCUT2D eigenvalue weighted by molar-refractivity contribution is 0.101. The zero-order valence-corrected chi connectivity index (χ0v) is 14.9. The third kappa shape index (κ3) is 3.82. The van der Waals surface area contributed by atoms with E-state index >= 15 is 0 Å². The van der Waals surface area contributed by atoms with E-state index in [4.69, 9.17) is 0 Å². The van der Waals surface area contributed by atoms with Crippen LogP contribution >= 0.6 is 11.3 Å². The van der Waals surface area contributed by atoms with Crippen molar-refractivity contribution in [3.63, 3.8) is 0 Å². The van der Waals surface area contributed by atoms with E-state index in [-0.39, 0.29) is 16.7 Å². The number of ketones is 1. The van der Waals surface area contributed by atoms with Crippen LogP contribution in [0.25, 0.3) is 0 Å². The van der Waals surface area contributed by atoms with E-state index < -0.39 is 10.0 Å². The number of nitrogens with zero attached hydrogens (tertiary/aromatic N) is 2. The molecule has 8 heteroatoms. The number of rotatable bonds is 5. The molecular weight excluding hydrogens is 346 g/mol. The van der Waals surface area contributed by atoms with Crippen LogP contribution in [0.2, 0.25) is 0 Å². The molecule has 1 aliphatic heterocycles. The molecular formula is C16H19N3O3S2. The maximum Gasteiger partial charge on any atom is 0.240 e. The van der Waals surface area contributed by atoms with Crippen molar-refractivity contribution in [3.05, 3.63) is 41.4 Å². The van der Waals surface area contributed by atoms with Crippen LogP contribution in [-0.4, -0.2) is 38.3 Å². The molecule has 0 bridgehead atoms. The number of thiazole rings is 1. The maximum atomic E-state index is 12.5. The quantitative estimate of drug-likeness (QED) is 0.823. The van der Waals surface area contributed by atoms with Gasteiger partial charge in [0.05, 0.1) is 4.90 Å². The Morgan fingerprint density at radius 2 is 1.92 bits per heavy atom. The van der Waals surface area contributed by atoms with E-state index in [1.807, 2.05) is 5.38 Å². The van der Waals surface area contributed by atoms with Gasteiger partial charge in [-0.05, 0) is 31.9 Å². The number of Topliss-reactive ketones (excluding diaryl/α,β-unsaturated/α-hetero) is 1. The Morgan fingerprint density at radius 3 is 2.46 bits per heavy atom. The third-order valence-electron chi connectivity index (χ3n) is 4.08. The van der Waals surface area contributed by atoms with Crippen molar-refractivity contribution in [1.82, 2.24) is 9.71 Å². The average Bonchev–Trinajstić information content (AvgIpc) is 3.10. The van der Waals surface area contributed by atoms with E-state index in [9.17, 15) is 13.2 Å². The lowest BCUT2D eigenvalue weighted by Gasteiger charge is -2.31. The molecule has 0 saturated carbocycles. The first kappa shape index (κ1) is 17.1. The molecule has 1 aromatic heterocycles. The van der Waals surface area contributed by atoms with Crippen molar-refractivity contribution in [2.75, 3.05) is 18.0 Å². The molecule has 0 aliphatic carbocycles. The SMILES string of the molecule is CC(=O)c1ccc(S(=O)(=O)NC2CCN(c3nccs3)CC2)cc1. The Kier molecular flexibility index (Phi) is 4.98. The van der Waals surface area contributed by atoms with Gasteiger partial charge in [-0.25, -0.2) is 18.1 Å². The number of aromatic nitrogens is 1. The fourth-order valence-corrected chi connectivity index (χ4v) is 4.72. The highest BCUT2D eigenvalue weighted by atomic mass is 32.2. The van der Waals surface area contributed by atoms with Gasteiger partial charge in [-0.3, -0.25) is 4.79 Å². The molecule has 1 aliphatic rings. The number of hydrogen-bond donors (Lipinski definition) is 1. The fraction of sp³-hybridized carbons (Fsp3) is 0.375. The van der Waals surface area contributed by atoms with E-state index in [1.165, 1.54) is 19.1 Å². The van der Waals surface area contributed by atoms with Crippen molar-refractivity contribution >= 4 is 32.3 Å². The van der Waals surface area contributed by atoms with Crippen molar-refractivity contribution in [2.24, 2.45) is 0 Å². The average molecular weight is 365 g/mol. The number of carbonyl (C=O) groups is 1. The molecule has 0 spiro atoms. The normalized spacial score (nSPS) is 16.3. The highest BCUT2D eigenvalue weighted by Crippen LogP contribution is 2.23. The molecule has 2 aromatic rings. The number of sulfonamides is 1. The van der Waals surface area contributed by atoms with E-state index in [0.717, 1.165) is 31.1 Å². The van der Waals surface area contributed by atoms with Gasteiger partial charge in [0, 0.05) is 36.3 Å². The molecule has 3 rings (SSSR count). The molecule has 0 unspecified atom stereocenters. The van der Waals surface area contributed by atoms with Crippen LogP contribution < -0.4 is 9.62 Å². The first-order valence-electron chi connectivity index (χ1n) is 7.73. The summed E-state index contributed by atoms with van der Waals surface area (Å²) in [5.74, 6) is -0.0820. The maximum absolute atomic E-state index is 12.5. The van der Waals surface area contributed by atoms with Gasteiger partial charge in [-0.15, -0.1) is 11.3 Å². The molecule has 0 radical (unpaired) electrons. The predicted molar refractivity (Wildman–Crippen MR) is 94.1 cm³/mol. The van der Waals surface area contributed by atoms with E-state index in [2.05, 4.69) is 14.6 Å². The number of benzene rings is 1. The molecule has 24 heavy (non-hydrogen) atoms. The van der Waals surface area contributed by atoms with Crippen LogP contribution in [0, 0.1) is 0 Å². The summed E-state index contributed by atoms with van der Waals surface area (Å²) in [5, 5.41) is 2.92. The molecule has 1 fully saturated rings. The van der Waals surface area contributed by atoms with Gasteiger partial charge in [0.25, 0.3) is 0 Å². The summed E-state index contributed by atoms with van der Waals surface area (Å²) in [6.07, 6.45) is 3.26. The number of anilines is 1. The van der Waals surface area contributed by atoms with Crippen LogP contribution in [0.15, 0.2) is 40.7 Å². The summed E-state index contributed by atoms with van der Waals surface area (Å²) in [6.45, 7) is 3.02. The minimum absolute atomic E-state index is 0.0820. The fourth-order valence-electron chi connectivity index (χ4n) is 2.72. The van der Waals surface area contributed by atoms with Crippen molar-refractivity contribution in [1.29, 1.82) is 0 Å². The highest BCUT2D eigenvalue weighted by molar-refractivity contribution is 7.89.